The van der Waals surface area contributed by atoms with Gasteiger partial charge in [-0.15, -0.1) is 12.1 Å². The summed E-state index contributed by atoms with van der Waals surface area (Å²) >= 11 is 3.60. The van der Waals surface area contributed by atoms with Gasteiger partial charge in [0.2, 0.25) is 0 Å². The van der Waals surface area contributed by atoms with Crippen LogP contribution in [0.25, 0.3) is 0 Å². The third-order valence-electron chi connectivity index (χ3n) is 2.75. The molecule has 0 N–H and O–H groups in total. The van der Waals surface area contributed by atoms with Crippen LogP contribution in [0.1, 0.15) is 18.4 Å². The molecule has 1 aromatic carbocycles. The van der Waals surface area contributed by atoms with Crippen molar-refractivity contribution >= 4 is 24.0 Å². The van der Waals surface area contributed by atoms with E-state index in [1.165, 1.54) is 15.6 Å². The predicted octanol–water partition coefficient (Wildman–Crippen LogP) is 5.77. The second-order valence-electron chi connectivity index (χ2n) is 5.85. The Morgan fingerprint density at radius 2 is 2.00 bits per heavy atom. The van der Waals surface area contributed by atoms with Crippen LogP contribution in [0.5, 0.6) is 0 Å². The number of hydrogen-bond donors (Lipinski definition) is 0. The molecule has 2 heteroatoms. The molecule has 0 nitrogen and oxygen atoms in total. The summed E-state index contributed by atoms with van der Waals surface area (Å²) in [7, 11) is -1.32. The van der Waals surface area contributed by atoms with Gasteiger partial charge in [0.15, 0.2) is 0 Å². The van der Waals surface area contributed by atoms with Crippen LogP contribution >= 0.6 is 15.9 Å². The van der Waals surface area contributed by atoms with E-state index < -0.39 is 8.07 Å². The first-order valence-electron chi connectivity index (χ1n) is 6.99. The fourth-order valence-corrected chi connectivity index (χ4v) is 2.70. The molecule has 1 rings (SSSR count). The van der Waals surface area contributed by atoms with Gasteiger partial charge in [0, 0.05) is 4.47 Å². The van der Waals surface area contributed by atoms with Crippen molar-refractivity contribution in [1.29, 1.82) is 0 Å². The highest BCUT2D eigenvalue weighted by atomic mass is 79.9. The normalized spacial score (nSPS) is 11.7. The highest BCUT2D eigenvalue weighted by Crippen LogP contribution is 2.19. The summed E-state index contributed by atoms with van der Waals surface area (Å²) in [6, 6.07) is 8.39. The minimum atomic E-state index is -1.32. The second kappa shape index (κ2) is 8.29. The smallest absolute Gasteiger partial charge is 0.127 e. The summed E-state index contributed by atoms with van der Waals surface area (Å²) < 4.78 is 1.18. The molecule has 0 atom stereocenters. The predicted molar refractivity (Wildman–Crippen MR) is 96.5 cm³/mol. The maximum atomic E-state index is 3.78. The number of benzene rings is 1. The molecule has 1 aromatic rings. The van der Waals surface area contributed by atoms with Crippen LogP contribution in [0.15, 0.2) is 53.0 Å². The van der Waals surface area contributed by atoms with Crippen molar-refractivity contribution in [3.05, 3.63) is 58.6 Å². The van der Waals surface area contributed by atoms with Gasteiger partial charge < -0.3 is 0 Å². The maximum absolute atomic E-state index is 3.78. The monoisotopic (exact) mass is 346 g/mol. The van der Waals surface area contributed by atoms with Crippen LogP contribution in [-0.4, -0.2) is 8.07 Å². The van der Waals surface area contributed by atoms with Gasteiger partial charge in [-0.2, -0.15) is 0 Å². The van der Waals surface area contributed by atoms with Crippen LogP contribution in [0.4, 0.5) is 0 Å². The molecule has 0 spiro atoms. The lowest BCUT2D eigenvalue weighted by Crippen LogP contribution is -2.16. The van der Waals surface area contributed by atoms with Crippen LogP contribution in [0.3, 0.4) is 0 Å². The Kier molecular flexibility index (Phi) is 7.05. The van der Waals surface area contributed by atoms with Crippen LogP contribution in [0, 0.1) is 11.5 Å². The van der Waals surface area contributed by atoms with Gasteiger partial charge in [-0.25, -0.2) is 0 Å². The summed E-state index contributed by atoms with van der Waals surface area (Å²) in [5, 5.41) is 0. The number of rotatable bonds is 5. The third kappa shape index (κ3) is 6.93. The molecule has 0 aliphatic rings. The average Bonchev–Trinajstić information content (AvgIpc) is 2.38. The summed E-state index contributed by atoms with van der Waals surface area (Å²) in [4.78, 5) is 0. The van der Waals surface area contributed by atoms with Gasteiger partial charge in [0.05, 0.1) is 0 Å². The quantitative estimate of drug-likeness (QED) is 0.361. The Morgan fingerprint density at radius 3 is 2.60 bits per heavy atom. The Labute approximate surface area is 133 Å². The van der Waals surface area contributed by atoms with E-state index in [1.54, 1.807) is 0 Å². The van der Waals surface area contributed by atoms with E-state index in [4.69, 9.17) is 0 Å². The van der Waals surface area contributed by atoms with Gasteiger partial charge in [-0.3, -0.25) is 0 Å². The molecule has 0 fully saturated rings. The minimum absolute atomic E-state index is 0.895. The fraction of sp³-hybridized carbons (Fsp3) is 0.333. The second-order valence-corrected chi connectivity index (χ2v) is 11.4. The zero-order chi connectivity index (χ0) is 15.0. The lowest BCUT2D eigenvalue weighted by Gasteiger charge is -2.06. The molecule has 106 valence electrons. The number of halogens is 1. The molecule has 0 radical (unpaired) electrons. The minimum Gasteiger partial charge on any atom is -0.127 e. The van der Waals surface area contributed by atoms with Crippen molar-refractivity contribution in [2.75, 3.05) is 0 Å². The summed E-state index contributed by atoms with van der Waals surface area (Å²) in [6.45, 7) is 10.6. The Morgan fingerprint density at radius 1 is 1.30 bits per heavy atom. The van der Waals surface area contributed by atoms with Crippen molar-refractivity contribution < 1.29 is 0 Å². The van der Waals surface area contributed by atoms with E-state index in [0.717, 1.165) is 19.3 Å². The standard InChI is InChI=1S/C18H23BrSi/c1-5-6-9-16(14-15-20(2,3)4)12-13-17-10-7-8-11-18(17)19/h5,7-11H,1,6,12-13H2,2-4H3/b16-9-. The van der Waals surface area contributed by atoms with E-state index in [2.05, 4.69) is 77.9 Å². The lowest BCUT2D eigenvalue weighted by atomic mass is 10.0. The van der Waals surface area contributed by atoms with Gasteiger partial charge in [-0.05, 0) is 36.5 Å². The third-order valence-corrected chi connectivity index (χ3v) is 4.40. The Balaban J connectivity index is 2.78. The molecule has 0 bridgehead atoms. The van der Waals surface area contributed by atoms with Crippen LogP contribution in [0.2, 0.25) is 19.6 Å². The molecule has 0 saturated heterocycles. The summed E-state index contributed by atoms with van der Waals surface area (Å²) in [5.41, 5.74) is 6.03. The van der Waals surface area contributed by atoms with Crippen LogP contribution in [-0.2, 0) is 6.42 Å². The number of hydrogen-bond acceptors (Lipinski definition) is 0. The molecule has 0 aliphatic carbocycles. The number of allylic oxidation sites excluding steroid dienone is 3. The average molecular weight is 347 g/mol. The highest BCUT2D eigenvalue weighted by molar-refractivity contribution is 9.10. The molecule has 0 heterocycles. The molecule has 20 heavy (non-hydrogen) atoms. The molecular formula is C18H23BrSi. The van der Waals surface area contributed by atoms with Crippen molar-refractivity contribution in [1.82, 2.24) is 0 Å². The molecule has 0 amide bonds. The molecule has 0 saturated carbocycles. The summed E-state index contributed by atoms with van der Waals surface area (Å²) in [6.07, 6.45) is 7.04. The Hall–Kier alpha value is -1.04. The van der Waals surface area contributed by atoms with Crippen molar-refractivity contribution in [2.45, 2.75) is 38.9 Å². The first-order valence-corrected chi connectivity index (χ1v) is 11.3. The van der Waals surface area contributed by atoms with Gasteiger partial charge >= 0.3 is 0 Å². The highest BCUT2D eigenvalue weighted by Gasteiger charge is 2.08. The van der Waals surface area contributed by atoms with E-state index in [1.807, 2.05) is 12.1 Å². The van der Waals surface area contributed by atoms with Gasteiger partial charge in [-0.1, -0.05) is 71.8 Å². The zero-order valence-corrected chi connectivity index (χ0v) is 15.3. The molecule has 0 aromatic heterocycles. The lowest BCUT2D eigenvalue weighted by molar-refractivity contribution is 0.960. The van der Waals surface area contributed by atoms with E-state index in [-0.39, 0.29) is 0 Å². The largest absolute Gasteiger partial charge is 0.129 e. The number of aryl methyl sites for hydroxylation is 1. The van der Waals surface area contributed by atoms with E-state index in [0.29, 0.717) is 0 Å². The van der Waals surface area contributed by atoms with Crippen LogP contribution < -0.4 is 0 Å². The first kappa shape index (κ1) is 17.0. The van der Waals surface area contributed by atoms with E-state index in [9.17, 15) is 0 Å². The van der Waals surface area contributed by atoms with Crippen molar-refractivity contribution in [3.8, 4) is 11.5 Å². The molecular weight excluding hydrogens is 324 g/mol. The van der Waals surface area contributed by atoms with Crippen molar-refractivity contribution in [3.63, 3.8) is 0 Å². The van der Waals surface area contributed by atoms with Gasteiger partial charge in [0.25, 0.3) is 0 Å². The zero-order valence-electron chi connectivity index (χ0n) is 12.7. The summed E-state index contributed by atoms with van der Waals surface area (Å²) in [5.74, 6) is 3.39. The molecule has 0 unspecified atom stereocenters. The van der Waals surface area contributed by atoms with E-state index >= 15 is 0 Å². The maximum Gasteiger partial charge on any atom is 0.129 e. The first-order chi connectivity index (χ1) is 9.42. The SMILES string of the molecule is C=CC/C=C(\C#C[Si](C)(C)C)CCc1ccccc1Br. The van der Waals surface area contributed by atoms with Gasteiger partial charge in [0.1, 0.15) is 8.07 Å². The Bertz CT molecular complexity index is 539. The van der Waals surface area contributed by atoms with Crippen molar-refractivity contribution in [2.24, 2.45) is 0 Å². The topological polar surface area (TPSA) is 0 Å². The fourth-order valence-electron chi connectivity index (χ4n) is 1.68. The molecule has 0 aliphatic heterocycles.